The summed E-state index contributed by atoms with van der Waals surface area (Å²) in [6.07, 6.45) is 1.89. The van der Waals surface area contributed by atoms with Gasteiger partial charge in [0.05, 0.1) is 10.5 Å². The van der Waals surface area contributed by atoms with Crippen molar-refractivity contribution in [1.29, 1.82) is 0 Å². The molecule has 2 aromatic carbocycles. The summed E-state index contributed by atoms with van der Waals surface area (Å²) in [4.78, 5) is 16.9. The van der Waals surface area contributed by atoms with Gasteiger partial charge in [-0.2, -0.15) is 0 Å². The molecule has 0 saturated heterocycles. The first-order valence-electron chi connectivity index (χ1n) is 7.69. The number of carbonyl (C=O) groups is 1. The van der Waals surface area contributed by atoms with Crippen molar-refractivity contribution in [2.75, 3.05) is 14.2 Å². The lowest BCUT2D eigenvalue weighted by molar-refractivity contribution is -0.132. The van der Waals surface area contributed by atoms with Crippen molar-refractivity contribution in [3.8, 4) is 5.75 Å². The Morgan fingerprint density at radius 2 is 1.89 bits per heavy atom. The molecule has 0 bridgehead atoms. The fraction of sp³-hybridized carbons (Fsp3) is 0.158. The fourth-order valence-electron chi connectivity index (χ4n) is 2.29. The van der Waals surface area contributed by atoms with Crippen LogP contribution in [0.25, 0.3) is 6.08 Å². The molecule has 0 spiro atoms. The van der Waals surface area contributed by atoms with Crippen molar-refractivity contribution in [3.63, 3.8) is 0 Å². The van der Waals surface area contributed by atoms with Gasteiger partial charge < -0.3 is 14.3 Å². The van der Waals surface area contributed by atoms with E-state index < -0.39 is 5.97 Å². The van der Waals surface area contributed by atoms with Gasteiger partial charge in [-0.3, -0.25) is 0 Å². The average Bonchev–Trinajstić information content (AvgIpc) is 2.65. The zero-order valence-corrected chi connectivity index (χ0v) is 19.3. The van der Waals surface area contributed by atoms with E-state index in [-0.39, 0.29) is 12.3 Å². The Hall–Kier alpha value is -1.64. The SMILES string of the molecule is CON=C(C(=O)OC)c1ccccc1COc1cc(Br)ccc1C=C(Br)Br. The first kappa shape index (κ1) is 21.7. The third-order valence-electron chi connectivity index (χ3n) is 3.46. The van der Waals surface area contributed by atoms with E-state index in [0.717, 1.165) is 19.0 Å². The van der Waals surface area contributed by atoms with Crippen molar-refractivity contribution in [2.24, 2.45) is 5.16 Å². The molecule has 0 radical (unpaired) electrons. The normalized spacial score (nSPS) is 10.9. The zero-order chi connectivity index (χ0) is 19.8. The van der Waals surface area contributed by atoms with Crippen molar-refractivity contribution in [3.05, 3.63) is 67.0 Å². The van der Waals surface area contributed by atoms with Crippen LogP contribution in [0.4, 0.5) is 0 Å². The first-order valence-corrected chi connectivity index (χ1v) is 10.1. The van der Waals surface area contributed by atoms with Crippen LogP contribution in [0.15, 0.2) is 55.5 Å². The molecule has 0 aromatic heterocycles. The summed E-state index contributed by atoms with van der Waals surface area (Å²) in [7, 11) is 2.67. The Morgan fingerprint density at radius 1 is 1.15 bits per heavy atom. The molecular weight excluding hydrogens is 546 g/mol. The Kier molecular flexibility index (Phi) is 8.53. The molecule has 27 heavy (non-hydrogen) atoms. The fourth-order valence-corrected chi connectivity index (χ4v) is 3.12. The Morgan fingerprint density at radius 3 is 2.56 bits per heavy atom. The lowest BCUT2D eigenvalue weighted by atomic mass is 10.0. The van der Waals surface area contributed by atoms with Crippen LogP contribution >= 0.6 is 47.8 Å². The zero-order valence-electron chi connectivity index (χ0n) is 14.5. The summed E-state index contributed by atoms with van der Waals surface area (Å²) in [5.41, 5.74) is 2.32. The number of methoxy groups -OCH3 is 1. The number of hydrogen-bond donors (Lipinski definition) is 0. The van der Waals surface area contributed by atoms with Crippen LogP contribution in [0.2, 0.25) is 0 Å². The maximum Gasteiger partial charge on any atom is 0.360 e. The highest BCUT2D eigenvalue weighted by Crippen LogP contribution is 2.29. The van der Waals surface area contributed by atoms with Crippen LogP contribution in [0.5, 0.6) is 5.75 Å². The van der Waals surface area contributed by atoms with Crippen molar-refractivity contribution in [2.45, 2.75) is 6.61 Å². The van der Waals surface area contributed by atoms with Gasteiger partial charge in [-0.1, -0.05) is 51.4 Å². The van der Waals surface area contributed by atoms with Gasteiger partial charge in [0.2, 0.25) is 0 Å². The summed E-state index contributed by atoms with van der Waals surface area (Å²) in [5, 5.41) is 3.81. The second-order valence-corrected chi connectivity index (χ2v) is 8.86. The number of benzene rings is 2. The highest BCUT2D eigenvalue weighted by molar-refractivity contribution is 9.28. The van der Waals surface area contributed by atoms with Crippen LogP contribution < -0.4 is 4.74 Å². The molecule has 0 aliphatic heterocycles. The Labute approximate surface area is 182 Å². The van der Waals surface area contributed by atoms with E-state index >= 15 is 0 Å². The molecular formula is C19H16Br3NO4. The standard InChI is InChI=1S/C19H16Br3NO4/c1-25-19(24)18(23-26-2)15-6-4-3-5-13(15)11-27-16-10-14(20)8-7-12(16)9-17(21)22/h3-10H,11H2,1-2H3. The maximum atomic E-state index is 12.1. The van der Waals surface area contributed by atoms with E-state index in [2.05, 4.69) is 52.9 Å². The first-order chi connectivity index (χ1) is 13.0. The monoisotopic (exact) mass is 559 g/mol. The molecule has 0 atom stereocenters. The van der Waals surface area contributed by atoms with Gasteiger partial charge in [-0.25, -0.2) is 4.79 Å². The molecule has 0 amide bonds. The molecule has 5 nitrogen and oxygen atoms in total. The second kappa shape index (κ2) is 10.6. The van der Waals surface area contributed by atoms with Crippen molar-refractivity contribution >= 4 is 65.5 Å². The lowest BCUT2D eigenvalue weighted by Gasteiger charge is -2.13. The van der Waals surface area contributed by atoms with Crippen LogP contribution in [-0.2, 0) is 21.0 Å². The number of esters is 1. The van der Waals surface area contributed by atoms with Crippen LogP contribution in [0.3, 0.4) is 0 Å². The Balaban J connectivity index is 2.35. The van der Waals surface area contributed by atoms with Crippen LogP contribution in [0.1, 0.15) is 16.7 Å². The van der Waals surface area contributed by atoms with Crippen molar-refractivity contribution in [1.82, 2.24) is 0 Å². The minimum absolute atomic E-state index is 0.0803. The van der Waals surface area contributed by atoms with E-state index in [1.807, 2.05) is 42.5 Å². The number of ether oxygens (including phenoxy) is 2. The van der Waals surface area contributed by atoms with E-state index in [4.69, 9.17) is 14.3 Å². The number of halogens is 3. The summed E-state index contributed by atoms with van der Waals surface area (Å²) in [6, 6.07) is 13.0. The quantitative estimate of drug-likeness (QED) is 0.249. The minimum atomic E-state index is -0.585. The highest BCUT2D eigenvalue weighted by atomic mass is 79.9. The van der Waals surface area contributed by atoms with Gasteiger partial charge in [0, 0.05) is 15.6 Å². The summed E-state index contributed by atoms with van der Waals surface area (Å²) in [6.45, 7) is 0.229. The molecule has 0 aliphatic rings. The van der Waals surface area contributed by atoms with E-state index in [0.29, 0.717) is 11.3 Å². The molecule has 8 heteroatoms. The summed E-state index contributed by atoms with van der Waals surface area (Å²) >= 11 is 10.2. The molecule has 2 aromatic rings. The van der Waals surface area contributed by atoms with Crippen LogP contribution in [0, 0.1) is 0 Å². The van der Waals surface area contributed by atoms with Gasteiger partial charge in [-0.15, -0.1) is 0 Å². The average molecular weight is 562 g/mol. The summed E-state index contributed by atoms with van der Waals surface area (Å²) < 4.78 is 12.5. The number of hydrogen-bond acceptors (Lipinski definition) is 5. The third-order valence-corrected chi connectivity index (χ3v) is 4.41. The second-order valence-electron chi connectivity index (χ2n) is 5.18. The molecule has 0 heterocycles. The number of carbonyl (C=O) groups excluding carboxylic acids is 1. The predicted molar refractivity (Wildman–Crippen MR) is 116 cm³/mol. The molecule has 0 fully saturated rings. The highest BCUT2D eigenvalue weighted by Gasteiger charge is 2.19. The lowest BCUT2D eigenvalue weighted by Crippen LogP contribution is -2.19. The third kappa shape index (κ3) is 6.19. The largest absolute Gasteiger partial charge is 0.488 e. The van der Waals surface area contributed by atoms with Gasteiger partial charge in [0.1, 0.15) is 19.5 Å². The van der Waals surface area contributed by atoms with Crippen molar-refractivity contribution < 1.29 is 19.1 Å². The molecule has 0 unspecified atom stereocenters. The number of rotatable bonds is 7. The smallest absolute Gasteiger partial charge is 0.360 e. The summed E-state index contributed by atoms with van der Waals surface area (Å²) in [5.74, 6) is 0.0949. The topological polar surface area (TPSA) is 57.1 Å². The van der Waals surface area contributed by atoms with E-state index in [1.54, 1.807) is 6.07 Å². The van der Waals surface area contributed by atoms with Gasteiger partial charge in [-0.05, 0) is 55.6 Å². The van der Waals surface area contributed by atoms with Gasteiger partial charge in [0.15, 0.2) is 5.71 Å². The Bertz CT molecular complexity index is 877. The molecule has 142 valence electrons. The molecule has 2 rings (SSSR count). The van der Waals surface area contributed by atoms with Gasteiger partial charge in [0.25, 0.3) is 0 Å². The maximum absolute atomic E-state index is 12.1. The van der Waals surface area contributed by atoms with Gasteiger partial charge >= 0.3 is 5.97 Å². The van der Waals surface area contributed by atoms with Crippen LogP contribution in [-0.4, -0.2) is 25.9 Å². The molecule has 0 aliphatic carbocycles. The predicted octanol–water partition coefficient (Wildman–Crippen LogP) is 5.64. The van der Waals surface area contributed by atoms with E-state index in [1.165, 1.54) is 14.2 Å². The van der Waals surface area contributed by atoms with E-state index in [9.17, 15) is 4.79 Å². The molecule has 0 N–H and O–H groups in total. The molecule has 0 saturated carbocycles. The number of oxime groups is 1. The number of nitrogens with zero attached hydrogens (tertiary/aromatic N) is 1. The minimum Gasteiger partial charge on any atom is -0.488 e.